The Morgan fingerprint density at radius 2 is 0.878 bits per heavy atom. The van der Waals surface area contributed by atoms with Crippen LogP contribution in [0.5, 0.6) is 0 Å². The van der Waals surface area contributed by atoms with Crippen LogP contribution in [0.4, 0.5) is 11.4 Å². The molecule has 0 unspecified atom stereocenters. The molecule has 2 aromatic carbocycles. The Hall–Kier alpha value is -1.14. The van der Waals surface area contributed by atoms with Crippen molar-refractivity contribution in [1.29, 1.82) is 0 Å². The van der Waals surface area contributed by atoms with Gasteiger partial charge in [-0.1, -0.05) is 106 Å². The van der Waals surface area contributed by atoms with Gasteiger partial charge < -0.3 is 13.9 Å². The standard InChI is InChI=1S/C27H36N2.C8H18OSi2.Pt/c1-18(2)22-11-9-12-23(19(3)4)26(22)28-15-16-29(17-28)27-24(20(5)6)13-10-14-25(27)21(7)8;1-7-10(3,4)9-11(5,6)8-2;/h9-16,18-21H,1-8H3;7-8H,1-2H2,3-6H3;. The summed E-state index contributed by atoms with van der Waals surface area (Å²) < 4.78 is 5.97. The van der Waals surface area contributed by atoms with Crippen LogP contribution in [0.25, 0.3) is 0 Å². The largest absolute Gasteiger partial charge is 0.455 e. The predicted octanol–water partition coefficient (Wildman–Crippen LogP) is 10.5. The molecule has 1 aliphatic rings. The second-order valence-corrected chi connectivity index (χ2v) is 21.1. The minimum Gasteiger partial charge on any atom is -0.455 e. The van der Waals surface area contributed by atoms with E-state index in [9.17, 15) is 0 Å². The SMILES string of the molecule is CC(C)c1cccc(C(C)C)c1N1[C]N(c2c(C(C)C)cccc2C(C)C)C=C1.[CH2][CH][Si](C)(C)O[Si](C)(C)[CH][CH2].[Pt]. The van der Waals surface area contributed by atoms with Crippen molar-refractivity contribution in [2.75, 3.05) is 9.80 Å². The normalized spacial score (nSPS) is 13.8. The Kier molecular flexibility index (Phi) is 14.9. The zero-order valence-electron chi connectivity index (χ0n) is 27.6. The molecule has 3 nitrogen and oxygen atoms in total. The average molecular weight is 770 g/mol. The summed E-state index contributed by atoms with van der Waals surface area (Å²) in [7, 11) is -3.16. The van der Waals surface area contributed by atoms with Crippen molar-refractivity contribution in [2.24, 2.45) is 0 Å². The summed E-state index contributed by atoms with van der Waals surface area (Å²) in [6.07, 6.45) is 4.32. The second-order valence-electron chi connectivity index (χ2n) is 13.0. The Morgan fingerprint density at radius 3 is 1.10 bits per heavy atom. The minimum atomic E-state index is -1.58. The first kappa shape index (κ1) is 37.9. The quantitative estimate of drug-likeness (QED) is 0.224. The van der Waals surface area contributed by atoms with Gasteiger partial charge in [0.2, 0.25) is 6.67 Å². The fourth-order valence-electron chi connectivity index (χ4n) is 4.91. The van der Waals surface area contributed by atoms with Gasteiger partial charge in [-0.2, -0.15) is 0 Å². The van der Waals surface area contributed by atoms with Gasteiger partial charge in [0.05, 0.1) is 11.4 Å². The van der Waals surface area contributed by atoms with E-state index in [1.807, 2.05) is 12.1 Å². The Morgan fingerprint density at radius 1 is 0.610 bits per heavy atom. The van der Waals surface area contributed by atoms with Crippen LogP contribution in [0.2, 0.25) is 26.2 Å². The molecule has 0 spiro atoms. The molecule has 0 aromatic heterocycles. The zero-order chi connectivity index (χ0) is 30.4. The molecular formula is C35H54N2OPtSi2. The molecule has 6 heteroatoms. The molecule has 1 heterocycles. The van der Waals surface area contributed by atoms with Gasteiger partial charge in [0.15, 0.2) is 16.6 Å². The number of hydrogen-bond donors (Lipinski definition) is 0. The van der Waals surface area contributed by atoms with Crippen molar-refractivity contribution >= 4 is 28.0 Å². The van der Waals surface area contributed by atoms with Gasteiger partial charge in [-0.05, 0) is 84.2 Å². The molecule has 0 saturated heterocycles. The maximum absolute atomic E-state index is 5.97. The van der Waals surface area contributed by atoms with E-state index in [4.69, 9.17) is 4.12 Å². The van der Waals surface area contributed by atoms with Crippen LogP contribution in [-0.2, 0) is 25.2 Å². The summed E-state index contributed by atoms with van der Waals surface area (Å²) in [6, 6.07) is 17.3. The van der Waals surface area contributed by atoms with Crippen molar-refractivity contribution in [3.63, 3.8) is 0 Å². The molecule has 2 aromatic rings. The molecule has 41 heavy (non-hydrogen) atoms. The van der Waals surface area contributed by atoms with Crippen molar-refractivity contribution < 1.29 is 25.2 Å². The monoisotopic (exact) mass is 769 g/mol. The predicted molar refractivity (Wildman–Crippen MR) is 182 cm³/mol. The van der Waals surface area contributed by atoms with Crippen molar-refractivity contribution in [3.05, 3.63) is 104 Å². The van der Waals surface area contributed by atoms with Crippen LogP contribution >= 0.6 is 0 Å². The first-order valence-corrected chi connectivity index (χ1v) is 20.8. The van der Waals surface area contributed by atoms with E-state index in [-0.39, 0.29) is 21.1 Å². The zero-order valence-corrected chi connectivity index (χ0v) is 31.9. The van der Waals surface area contributed by atoms with Crippen LogP contribution < -0.4 is 9.80 Å². The van der Waals surface area contributed by atoms with Crippen LogP contribution in [-0.4, -0.2) is 16.6 Å². The summed E-state index contributed by atoms with van der Waals surface area (Å²) in [5.41, 5.74) is 8.05. The summed E-state index contributed by atoms with van der Waals surface area (Å²) in [5.74, 6) is 1.84. The van der Waals surface area contributed by atoms with Crippen LogP contribution in [0.1, 0.15) is 101 Å². The molecule has 0 fully saturated rings. The smallest absolute Gasteiger partial charge is 0.217 e. The van der Waals surface area contributed by atoms with E-state index in [2.05, 4.69) is 161 Å². The van der Waals surface area contributed by atoms with E-state index in [0.717, 1.165) is 0 Å². The molecule has 3 rings (SSSR count). The van der Waals surface area contributed by atoms with Gasteiger partial charge in [-0.25, -0.2) is 0 Å². The number of hydrogen-bond acceptors (Lipinski definition) is 3. The number of nitrogens with zero attached hydrogens (tertiary/aromatic N) is 2. The van der Waals surface area contributed by atoms with Gasteiger partial charge in [-0.15, -0.1) is 0 Å². The molecule has 228 valence electrons. The molecule has 0 bridgehead atoms. The number of anilines is 2. The third-order valence-corrected chi connectivity index (χ3v) is 13.4. The number of benzene rings is 2. The fourth-order valence-corrected chi connectivity index (χ4v) is 11.0. The van der Waals surface area contributed by atoms with Crippen LogP contribution in [0.3, 0.4) is 0 Å². The third kappa shape index (κ3) is 10.2. The van der Waals surface area contributed by atoms with Crippen LogP contribution in [0, 0.1) is 32.6 Å². The summed E-state index contributed by atoms with van der Waals surface area (Å²) in [6.45, 7) is 38.0. The second kappa shape index (κ2) is 16.1. The van der Waals surface area contributed by atoms with E-state index in [0.29, 0.717) is 23.7 Å². The molecule has 6 radical (unpaired) electrons. The summed E-state index contributed by atoms with van der Waals surface area (Å²) in [4.78, 5) is 4.40. The number of para-hydroxylation sites is 2. The van der Waals surface area contributed by atoms with Gasteiger partial charge in [-0.3, -0.25) is 0 Å². The van der Waals surface area contributed by atoms with E-state index in [1.54, 1.807) is 0 Å². The summed E-state index contributed by atoms with van der Waals surface area (Å²) in [5, 5.41) is 0. The van der Waals surface area contributed by atoms with Gasteiger partial charge in [0.25, 0.3) is 0 Å². The third-order valence-electron chi connectivity index (χ3n) is 7.26. The van der Waals surface area contributed by atoms with E-state index >= 15 is 0 Å². The average Bonchev–Trinajstić information content (AvgIpc) is 3.37. The first-order valence-electron chi connectivity index (χ1n) is 14.8. The Labute approximate surface area is 270 Å². The van der Waals surface area contributed by atoms with Gasteiger partial charge >= 0.3 is 0 Å². The summed E-state index contributed by atoms with van der Waals surface area (Å²) >= 11 is 0. The molecule has 0 saturated carbocycles. The molecular weight excluding hydrogens is 716 g/mol. The fraction of sp³-hybridized carbons (Fsp3) is 0.457. The number of rotatable bonds is 10. The maximum atomic E-state index is 5.97. The topological polar surface area (TPSA) is 15.7 Å². The van der Waals surface area contributed by atoms with Gasteiger partial charge in [0, 0.05) is 33.5 Å². The molecule has 0 N–H and O–H groups in total. The molecule has 1 aliphatic heterocycles. The molecule has 0 aliphatic carbocycles. The van der Waals surface area contributed by atoms with E-state index < -0.39 is 16.6 Å². The maximum Gasteiger partial charge on any atom is 0.217 e. The van der Waals surface area contributed by atoms with E-state index in [1.165, 1.54) is 33.6 Å². The van der Waals surface area contributed by atoms with Gasteiger partial charge in [0.1, 0.15) is 0 Å². The molecule has 0 atom stereocenters. The van der Waals surface area contributed by atoms with Crippen LogP contribution in [0.15, 0.2) is 48.8 Å². The van der Waals surface area contributed by atoms with Crippen molar-refractivity contribution in [3.8, 4) is 0 Å². The Bertz CT molecular complexity index is 987. The minimum absolute atomic E-state index is 0. The Balaban J connectivity index is 0.000000598. The van der Waals surface area contributed by atoms with Crippen molar-refractivity contribution in [1.82, 2.24) is 0 Å². The van der Waals surface area contributed by atoms with Crippen molar-refractivity contribution in [2.45, 2.75) is 105 Å². The first-order chi connectivity index (χ1) is 18.5. The molecule has 0 amide bonds.